The topological polar surface area (TPSA) is 58.0 Å². The monoisotopic (exact) mass is 279 g/mol. The second kappa shape index (κ2) is 6.17. The predicted molar refractivity (Wildman–Crippen MR) is 78.5 cm³/mol. The summed E-state index contributed by atoms with van der Waals surface area (Å²) in [5, 5.41) is 22.8. The number of aliphatic hydroxyl groups is 1. The zero-order valence-electron chi connectivity index (χ0n) is 11.1. The lowest BCUT2D eigenvalue weighted by molar-refractivity contribution is 0.267. The summed E-state index contributed by atoms with van der Waals surface area (Å²) in [5.41, 5.74) is 0. The number of aliphatic hydroxyl groups excluding tert-OH is 1. The van der Waals surface area contributed by atoms with Crippen LogP contribution in [-0.4, -0.2) is 28.0 Å². The van der Waals surface area contributed by atoms with E-state index < -0.39 is 0 Å². The van der Waals surface area contributed by atoms with Crippen LogP contribution in [0.1, 0.15) is 20.3 Å². The molecule has 1 aromatic heterocycles. The summed E-state index contributed by atoms with van der Waals surface area (Å²) in [5.74, 6) is 1.11. The molecule has 0 spiro atoms. The van der Waals surface area contributed by atoms with Gasteiger partial charge in [0, 0.05) is 23.4 Å². The molecule has 0 radical (unpaired) electrons. The Hall–Kier alpha value is -1.39. The molecule has 0 fully saturated rings. The summed E-state index contributed by atoms with van der Waals surface area (Å²) in [6, 6.07) is 7.92. The Bertz CT molecular complexity index is 559. The molecule has 0 saturated heterocycles. The predicted octanol–water partition coefficient (Wildman–Crippen LogP) is 3.10. The van der Waals surface area contributed by atoms with Gasteiger partial charge in [0.2, 0.25) is 0 Å². The summed E-state index contributed by atoms with van der Waals surface area (Å²) in [7, 11) is 0. The van der Waals surface area contributed by atoms with Gasteiger partial charge in [0.1, 0.15) is 0 Å². The van der Waals surface area contributed by atoms with Crippen molar-refractivity contribution < 1.29 is 5.11 Å². The molecule has 0 aliphatic heterocycles. The van der Waals surface area contributed by atoms with E-state index >= 15 is 0 Å². The van der Waals surface area contributed by atoms with Gasteiger partial charge in [-0.25, -0.2) is 0 Å². The van der Waals surface area contributed by atoms with Gasteiger partial charge < -0.3 is 10.4 Å². The maximum atomic E-state index is 9.12. The summed E-state index contributed by atoms with van der Waals surface area (Å²) in [4.78, 5) is 0. The highest BCUT2D eigenvalue weighted by Crippen LogP contribution is 2.26. The van der Waals surface area contributed by atoms with Crippen molar-refractivity contribution in [2.24, 2.45) is 5.92 Å². The molecule has 1 aromatic carbocycles. The van der Waals surface area contributed by atoms with E-state index in [0.29, 0.717) is 23.3 Å². The van der Waals surface area contributed by atoms with Crippen molar-refractivity contribution in [1.29, 1.82) is 0 Å². The van der Waals surface area contributed by atoms with Crippen LogP contribution in [0, 0.1) is 5.92 Å². The number of halogens is 1. The molecule has 0 amide bonds. The molecule has 1 heterocycles. The summed E-state index contributed by atoms with van der Waals surface area (Å²) < 4.78 is 0. The Morgan fingerprint density at radius 1 is 1.21 bits per heavy atom. The van der Waals surface area contributed by atoms with E-state index in [9.17, 15) is 0 Å². The Balaban J connectivity index is 2.37. The van der Waals surface area contributed by atoms with Crippen molar-refractivity contribution in [1.82, 2.24) is 10.2 Å². The lowest BCUT2D eigenvalue weighted by atomic mass is 10.0. The highest BCUT2D eigenvalue weighted by molar-refractivity contribution is 6.34. The van der Waals surface area contributed by atoms with Crippen LogP contribution in [0.2, 0.25) is 5.15 Å². The fourth-order valence-electron chi connectivity index (χ4n) is 2.06. The Morgan fingerprint density at radius 3 is 2.53 bits per heavy atom. The number of aromatic nitrogens is 2. The van der Waals surface area contributed by atoms with Gasteiger partial charge in [0.25, 0.3) is 0 Å². The highest BCUT2D eigenvalue weighted by atomic mass is 35.5. The van der Waals surface area contributed by atoms with Crippen LogP contribution in [-0.2, 0) is 0 Å². The van der Waals surface area contributed by atoms with Crippen LogP contribution in [0.3, 0.4) is 0 Å². The molecular formula is C14H18ClN3O. The standard InChI is InChI=1S/C14H18ClN3O/c1-9(2)12(7-8-19)16-14-11-6-4-3-5-10(11)13(15)17-18-14/h3-6,9,12,19H,7-8H2,1-2H3,(H,16,18). The number of benzene rings is 1. The van der Waals surface area contributed by atoms with Gasteiger partial charge in [0.15, 0.2) is 11.0 Å². The molecule has 2 N–H and O–H groups in total. The third kappa shape index (κ3) is 3.14. The molecule has 5 heteroatoms. The molecule has 0 aliphatic rings. The van der Waals surface area contributed by atoms with Crippen molar-refractivity contribution >= 4 is 28.2 Å². The van der Waals surface area contributed by atoms with Gasteiger partial charge in [-0.2, -0.15) is 0 Å². The van der Waals surface area contributed by atoms with E-state index in [-0.39, 0.29) is 12.6 Å². The average Bonchev–Trinajstić information content (AvgIpc) is 2.41. The Labute approximate surface area is 117 Å². The summed E-state index contributed by atoms with van der Waals surface area (Å²) in [6.07, 6.45) is 0.677. The van der Waals surface area contributed by atoms with Gasteiger partial charge in [-0.3, -0.25) is 0 Å². The zero-order valence-corrected chi connectivity index (χ0v) is 11.9. The second-order valence-corrected chi connectivity index (χ2v) is 5.25. The second-order valence-electron chi connectivity index (χ2n) is 4.89. The molecule has 0 saturated carbocycles. The smallest absolute Gasteiger partial charge is 0.159 e. The van der Waals surface area contributed by atoms with Crippen LogP contribution < -0.4 is 5.32 Å². The third-order valence-corrected chi connectivity index (χ3v) is 3.49. The highest BCUT2D eigenvalue weighted by Gasteiger charge is 2.15. The average molecular weight is 280 g/mol. The minimum Gasteiger partial charge on any atom is -0.396 e. The van der Waals surface area contributed by atoms with E-state index in [0.717, 1.165) is 10.8 Å². The fraction of sp³-hybridized carbons (Fsp3) is 0.429. The van der Waals surface area contributed by atoms with Crippen LogP contribution in [0.25, 0.3) is 10.8 Å². The van der Waals surface area contributed by atoms with E-state index in [1.165, 1.54) is 0 Å². The molecular weight excluding hydrogens is 262 g/mol. The molecule has 19 heavy (non-hydrogen) atoms. The maximum Gasteiger partial charge on any atom is 0.159 e. The normalized spacial score (nSPS) is 12.9. The SMILES string of the molecule is CC(C)C(CCO)Nc1nnc(Cl)c2ccccc12. The lowest BCUT2D eigenvalue weighted by Gasteiger charge is -2.22. The van der Waals surface area contributed by atoms with Crippen LogP contribution in [0.15, 0.2) is 24.3 Å². The first-order valence-electron chi connectivity index (χ1n) is 6.41. The van der Waals surface area contributed by atoms with E-state index in [2.05, 4.69) is 29.4 Å². The number of hydrogen-bond acceptors (Lipinski definition) is 4. The van der Waals surface area contributed by atoms with E-state index in [1.807, 2.05) is 24.3 Å². The number of nitrogens with one attached hydrogen (secondary N) is 1. The maximum absolute atomic E-state index is 9.12. The quantitative estimate of drug-likeness (QED) is 0.883. The van der Waals surface area contributed by atoms with Crippen LogP contribution >= 0.6 is 11.6 Å². The minimum atomic E-state index is 0.148. The number of nitrogens with zero attached hydrogens (tertiary/aromatic N) is 2. The lowest BCUT2D eigenvalue weighted by Crippen LogP contribution is -2.27. The number of anilines is 1. The van der Waals surface area contributed by atoms with Crippen LogP contribution in [0.5, 0.6) is 0 Å². The van der Waals surface area contributed by atoms with Crippen LogP contribution in [0.4, 0.5) is 5.82 Å². The third-order valence-electron chi connectivity index (χ3n) is 3.21. The minimum absolute atomic E-state index is 0.148. The van der Waals surface area contributed by atoms with E-state index in [1.54, 1.807) is 0 Å². The van der Waals surface area contributed by atoms with Crippen molar-refractivity contribution in [3.63, 3.8) is 0 Å². The fourth-order valence-corrected chi connectivity index (χ4v) is 2.27. The largest absolute Gasteiger partial charge is 0.396 e. The molecule has 102 valence electrons. The van der Waals surface area contributed by atoms with Gasteiger partial charge in [-0.1, -0.05) is 49.7 Å². The molecule has 1 atom stereocenters. The summed E-state index contributed by atoms with van der Waals surface area (Å²) in [6.45, 7) is 4.37. The van der Waals surface area contributed by atoms with Gasteiger partial charge >= 0.3 is 0 Å². The van der Waals surface area contributed by atoms with Gasteiger partial charge in [-0.15, -0.1) is 10.2 Å². The Kier molecular flexibility index (Phi) is 4.56. The van der Waals surface area contributed by atoms with Crippen molar-refractivity contribution in [2.45, 2.75) is 26.3 Å². The van der Waals surface area contributed by atoms with Gasteiger partial charge in [0.05, 0.1) is 0 Å². The molecule has 2 rings (SSSR count). The first-order valence-corrected chi connectivity index (χ1v) is 6.79. The van der Waals surface area contributed by atoms with Gasteiger partial charge in [-0.05, 0) is 12.3 Å². The molecule has 1 unspecified atom stereocenters. The van der Waals surface area contributed by atoms with E-state index in [4.69, 9.17) is 16.7 Å². The molecule has 4 nitrogen and oxygen atoms in total. The summed E-state index contributed by atoms with van der Waals surface area (Å²) >= 11 is 6.05. The van der Waals surface area contributed by atoms with Crippen molar-refractivity contribution in [3.8, 4) is 0 Å². The first-order chi connectivity index (χ1) is 9.13. The van der Waals surface area contributed by atoms with Crippen molar-refractivity contribution in [3.05, 3.63) is 29.4 Å². The number of rotatable bonds is 5. The zero-order chi connectivity index (χ0) is 13.8. The first kappa shape index (κ1) is 14.0. The van der Waals surface area contributed by atoms with Crippen molar-refractivity contribution in [2.75, 3.05) is 11.9 Å². The Morgan fingerprint density at radius 2 is 1.89 bits per heavy atom. The molecule has 0 aliphatic carbocycles. The molecule has 0 bridgehead atoms. The number of hydrogen-bond donors (Lipinski definition) is 2. The molecule has 2 aromatic rings. The number of fused-ring (bicyclic) bond motifs is 1.